The molecule has 2 N–H and O–H groups in total. The minimum absolute atomic E-state index is 0.125. The molecule has 0 aliphatic heterocycles. The van der Waals surface area contributed by atoms with E-state index in [9.17, 15) is 9.59 Å². The fraction of sp³-hybridized carbons (Fsp3) is 0.0769. The van der Waals surface area contributed by atoms with E-state index in [0.29, 0.717) is 5.56 Å². The molecule has 0 spiro atoms. The lowest BCUT2D eigenvalue weighted by Crippen LogP contribution is -2.06. The smallest absolute Gasteiger partial charge is 0.341 e. The lowest BCUT2D eigenvalue weighted by atomic mass is 10.3. The zero-order valence-corrected chi connectivity index (χ0v) is 12.7. The van der Waals surface area contributed by atoms with Crippen LogP contribution in [0.4, 0.5) is 0 Å². The molecule has 3 rings (SSSR count). The van der Waals surface area contributed by atoms with Gasteiger partial charge in [0.05, 0.1) is 17.4 Å². The zero-order chi connectivity index (χ0) is 15.5. The van der Waals surface area contributed by atoms with Crippen LogP contribution in [0.3, 0.4) is 0 Å². The molecule has 0 unspecified atom stereocenters. The molecule has 22 heavy (non-hydrogen) atoms. The van der Waals surface area contributed by atoms with E-state index in [1.807, 2.05) is 24.3 Å². The number of esters is 1. The van der Waals surface area contributed by atoms with Crippen LogP contribution >= 0.6 is 15.9 Å². The van der Waals surface area contributed by atoms with Crippen LogP contribution < -0.4 is 5.69 Å². The molecule has 0 saturated carbocycles. The molecule has 0 atom stereocenters. The number of nitrogens with zero attached hydrogens (tertiary/aromatic N) is 3. The Morgan fingerprint density at radius 3 is 3.00 bits per heavy atom. The topological polar surface area (TPSA) is 106 Å². The number of ether oxygens (including phenoxy) is 1. The van der Waals surface area contributed by atoms with Gasteiger partial charge in [0.1, 0.15) is 0 Å². The van der Waals surface area contributed by atoms with Crippen molar-refractivity contribution in [1.82, 2.24) is 25.0 Å². The van der Waals surface area contributed by atoms with Crippen LogP contribution in [0.5, 0.6) is 0 Å². The van der Waals surface area contributed by atoms with Crippen molar-refractivity contribution >= 4 is 21.9 Å². The van der Waals surface area contributed by atoms with E-state index in [-0.39, 0.29) is 12.4 Å². The molecule has 0 radical (unpaired) electrons. The van der Waals surface area contributed by atoms with Crippen LogP contribution in [0, 0.1) is 0 Å². The third kappa shape index (κ3) is 3.14. The monoisotopic (exact) mass is 363 g/mol. The van der Waals surface area contributed by atoms with Gasteiger partial charge in [-0.25, -0.2) is 19.4 Å². The highest BCUT2D eigenvalue weighted by atomic mass is 79.9. The third-order valence-corrected chi connectivity index (χ3v) is 3.27. The minimum atomic E-state index is -0.551. The number of rotatable bonds is 4. The number of hydrogen-bond donors (Lipinski definition) is 2. The summed E-state index contributed by atoms with van der Waals surface area (Å²) in [6.07, 6.45) is 2.98. The molecule has 112 valence electrons. The second-order valence-corrected chi connectivity index (χ2v) is 5.27. The molecular weight excluding hydrogens is 354 g/mol. The maximum Gasteiger partial charge on any atom is 0.341 e. The normalized spacial score (nSPS) is 10.6. The molecule has 0 aliphatic rings. The predicted octanol–water partition coefficient (Wildman–Crippen LogP) is 1.40. The molecule has 2 aromatic heterocycles. The third-order valence-electron chi connectivity index (χ3n) is 2.78. The van der Waals surface area contributed by atoms with Crippen molar-refractivity contribution in [3.05, 3.63) is 63.0 Å². The largest absolute Gasteiger partial charge is 0.454 e. The first-order chi connectivity index (χ1) is 10.6. The molecule has 0 saturated heterocycles. The Kier molecular flexibility index (Phi) is 3.88. The van der Waals surface area contributed by atoms with Gasteiger partial charge in [0.15, 0.2) is 12.4 Å². The fourth-order valence-electron chi connectivity index (χ4n) is 1.78. The summed E-state index contributed by atoms with van der Waals surface area (Å²) in [5.74, 6) is -0.303. The SMILES string of the molecule is O=C(OCc1n[nH]c(=O)[nH]1)c1cnn(-c2cccc(Br)c2)c1. The second-order valence-electron chi connectivity index (χ2n) is 4.35. The number of benzene rings is 1. The number of carbonyl (C=O) groups is 1. The Morgan fingerprint density at radius 1 is 1.41 bits per heavy atom. The first kappa shape index (κ1) is 14.3. The highest BCUT2D eigenvalue weighted by Crippen LogP contribution is 2.15. The Balaban J connectivity index is 1.70. The standard InChI is InChI=1S/C13H10BrN5O3/c14-9-2-1-3-10(4-9)19-6-8(5-15-19)12(20)22-7-11-16-13(21)18-17-11/h1-6H,7H2,(H2,16,17,18,21). The summed E-state index contributed by atoms with van der Waals surface area (Å²) >= 11 is 3.38. The van der Waals surface area contributed by atoms with Crippen LogP contribution in [-0.4, -0.2) is 30.9 Å². The Morgan fingerprint density at radius 2 is 2.27 bits per heavy atom. The summed E-state index contributed by atoms with van der Waals surface area (Å²) in [5.41, 5.74) is 0.663. The van der Waals surface area contributed by atoms with Crippen molar-refractivity contribution in [3.63, 3.8) is 0 Å². The number of carbonyl (C=O) groups excluding carboxylic acids is 1. The number of aromatic amines is 2. The van der Waals surface area contributed by atoms with Gasteiger partial charge in [-0.15, -0.1) is 0 Å². The molecule has 3 aromatic rings. The van der Waals surface area contributed by atoms with Crippen molar-refractivity contribution in [1.29, 1.82) is 0 Å². The molecule has 0 bridgehead atoms. The summed E-state index contributed by atoms with van der Waals surface area (Å²) in [6.45, 7) is -0.125. The lowest BCUT2D eigenvalue weighted by molar-refractivity contribution is 0.0462. The van der Waals surface area contributed by atoms with Crippen LogP contribution in [0.2, 0.25) is 0 Å². The van der Waals surface area contributed by atoms with E-state index in [4.69, 9.17) is 4.74 Å². The average Bonchev–Trinajstić information content (AvgIpc) is 3.14. The van der Waals surface area contributed by atoms with Crippen molar-refractivity contribution in [2.45, 2.75) is 6.61 Å². The van der Waals surface area contributed by atoms with E-state index < -0.39 is 11.7 Å². The van der Waals surface area contributed by atoms with Gasteiger partial charge in [0.25, 0.3) is 0 Å². The second kappa shape index (κ2) is 5.98. The average molecular weight is 364 g/mol. The number of halogens is 1. The number of hydrogen-bond acceptors (Lipinski definition) is 5. The van der Waals surface area contributed by atoms with Gasteiger partial charge in [-0.05, 0) is 18.2 Å². The molecule has 9 heteroatoms. The van der Waals surface area contributed by atoms with E-state index in [0.717, 1.165) is 10.2 Å². The van der Waals surface area contributed by atoms with Gasteiger partial charge in [-0.2, -0.15) is 10.2 Å². The van der Waals surface area contributed by atoms with Crippen molar-refractivity contribution in [2.75, 3.05) is 0 Å². The molecule has 0 fully saturated rings. The van der Waals surface area contributed by atoms with Crippen LogP contribution in [0.15, 0.2) is 45.9 Å². The van der Waals surface area contributed by atoms with Crippen molar-refractivity contribution in [2.24, 2.45) is 0 Å². The van der Waals surface area contributed by atoms with Gasteiger partial charge in [0.2, 0.25) is 0 Å². The quantitative estimate of drug-likeness (QED) is 0.681. The molecule has 8 nitrogen and oxygen atoms in total. The summed E-state index contributed by atoms with van der Waals surface area (Å²) in [7, 11) is 0. The van der Waals surface area contributed by atoms with Crippen LogP contribution in [0.25, 0.3) is 5.69 Å². The Labute approximate surface area is 132 Å². The lowest BCUT2D eigenvalue weighted by Gasteiger charge is -2.01. The first-order valence-electron chi connectivity index (χ1n) is 6.23. The predicted molar refractivity (Wildman–Crippen MR) is 79.6 cm³/mol. The fourth-order valence-corrected chi connectivity index (χ4v) is 2.17. The minimum Gasteiger partial charge on any atom is -0.454 e. The van der Waals surface area contributed by atoms with Gasteiger partial charge in [-0.1, -0.05) is 22.0 Å². The molecule has 1 aromatic carbocycles. The Bertz CT molecular complexity index is 866. The van der Waals surface area contributed by atoms with Gasteiger partial charge in [0, 0.05) is 10.7 Å². The van der Waals surface area contributed by atoms with E-state index in [1.54, 1.807) is 10.9 Å². The van der Waals surface area contributed by atoms with Gasteiger partial charge >= 0.3 is 11.7 Å². The Hall–Kier alpha value is -2.68. The number of nitrogens with one attached hydrogen (secondary N) is 2. The molecule has 0 aliphatic carbocycles. The molecule has 2 heterocycles. The maximum absolute atomic E-state index is 11.9. The highest BCUT2D eigenvalue weighted by Gasteiger charge is 2.12. The molecular formula is C13H10BrN5O3. The maximum atomic E-state index is 11.9. The summed E-state index contributed by atoms with van der Waals surface area (Å²) in [4.78, 5) is 25.2. The number of aromatic nitrogens is 5. The summed E-state index contributed by atoms with van der Waals surface area (Å²) in [6, 6.07) is 7.50. The van der Waals surface area contributed by atoms with Crippen LogP contribution in [0.1, 0.15) is 16.2 Å². The van der Waals surface area contributed by atoms with Gasteiger partial charge in [-0.3, -0.25) is 4.98 Å². The summed E-state index contributed by atoms with van der Waals surface area (Å²) in [5, 5.41) is 9.96. The van der Waals surface area contributed by atoms with E-state index in [2.05, 4.69) is 36.2 Å². The van der Waals surface area contributed by atoms with Gasteiger partial charge < -0.3 is 4.74 Å². The zero-order valence-electron chi connectivity index (χ0n) is 11.1. The highest BCUT2D eigenvalue weighted by molar-refractivity contribution is 9.10. The van der Waals surface area contributed by atoms with E-state index >= 15 is 0 Å². The van der Waals surface area contributed by atoms with E-state index in [1.165, 1.54) is 6.20 Å². The van der Waals surface area contributed by atoms with Crippen molar-refractivity contribution in [3.8, 4) is 5.69 Å². The molecule has 0 amide bonds. The summed E-state index contributed by atoms with van der Waals surface area (Å²) < 4.78 is 7.52. The van der Waals surface area contributed by atoms with Crippen molar-refractivity contribution < 1.29 is 9.53 Å². The van der Waals surface area contributed by atoms with Crippen LogP contribution in [-0.2, 0) is 11.3 Å². The first-order valence-corrected chi connectivity index (χ1v) is 7.02. The number of H-pyrrole nitrogens is 2.